The van der Waals surface area contributed by atoms with Crippen LogP contribution in [-0.2, 0) is 11.3 Å². The molecule has 25 heavy (non-hydrogen) atoms. The van der Waals surface area contributed by atoms with Gasteiger partial charge in [-0.2, -0.15) is 0 Å². The number of aryl methyl sites for hydroxylation is 1. The van der Waals surface area contributed by atoms with Crippen LogP contribution >= 0.6 is 23.6 Å². The molecular formula is C19H18N2O2S2. The Labute approximate surface area is 155 Å². The highest BCUT2D eigenvalue weighted by atomic mass is 32.1. The van der Waals surface area contributed by atoms with Crippen molar-refractivity contribution in [2.24, 2.45) is 0 Å². The summed E-state index contributed by atoms with van der Waals surface area (Å²) in [6, 6.07) is 15.5. The van der Waals surface area contributed by atoms with Gasteiger partial charge in [-0.25, -0.2) is 0 Å². The van der Waals surface area contributed by atoms with Gasteiger partial charge in [-0.1, -0.05) is 42.0 Å². The van der Waals surface area contributed by atoms with Crippen molar-refractivity contribution >= 4 is 35.1 Å². The van der Waals surface area contributed by atoms with E-state index in [1.165, 1.54) is 16.9 Å². The third-order valence-corrected chi connectivity index (χ3v) is 5.08. The van der Waals surface area contributed by atoms with E-state index in [9.17, 15) is 4.79 Å². The molecule has 1 aromatic heterocycles. The summed E-state index contributed by atoms with van der Waals surface area (Å²) in [5, 5.41) is 4.88. The average molecular weight is 370 g/mol. The first-order valence-electron chi connectivity index (χ1n) is 7.76. The van der Waals surface area contributed by atoms with Crippen LogP contribution in [0.4, 0.5) is 5.69 Å². The minimum absolute atomic E-state index is 0.146. The van der Waals surface area contributed by atoms with Gasteiger partial charge in [-0.05, 0) is 36.8 Å². The van der Waals surface area contributed by atoms with E-state index in [0.29, 0.717) is 15.4 Å². The van der Waals surface area contributed by atoms with E-state index in [4.69, 9.17) is 17.0 Å². The van der Waals surface area contributed by atoms with E-state index < -0.39 is 0 Å². The van der Waals surface area contributed by atoms with E-state index in [0.717, 1.165) is 11.3 Å². The van der Waals surface area contributed by atoms with E-state index in [-0.39, 0.29) is 12.5 Å². The normalized spacial score (nSPS) is 10.5. The number of rotatable bonds is 5. The van der Waals surface area contributed by atoms with Gasteiger partial charge in [0, 0.05) is 5.38 Å². The second-order valence-corrected chi connectivity index (χ2v) is 7.09. The molecule has 0 unspecified atom stereocenters. The molecule has 0 radical (unpaired) electrons. The van der Waals surface area contributed by atoms with Crippen LogP contribution < -0.4 is 10.1 Å². The highest BCUT2D eigenvalue weighted by Gasteiger charge is 2.12. The molecule has 3 rings (SSSR count). The number of hydrogen-bond acceptors (Lipinski definition) is 4. The Hall–Kier alpha value is -2.44. The molecule has 0 fully saturated rings. The standard InChI is InChI=1S/C19H18N2O2S2/c1-13-7-9-14(10-8-13)16-12-25-19(24)21(16)11-18(22)20-15-5-3-4-6-17(15)23-2/h3-10,12H,11H2,1-2H3,(H,20,22). The lowest BCUT2D eigenvalue weighted by Gasteiger charge is -2.12. The SMILES string of the molecule is COc1ccccc1NC(=O)Cn1c(-c2ccc(C)cc2)csc1=S. The Morgan fingerprint density at radius 3 is 2.64 bits per heavy atom. The minimum atomic E-state index is -0.146. The molecule has 0 aliphatic heterocycles. The fourth-order valence-corrected chi connectivity index (χ4v) is 3.58. The minimum Gasteiger partial charge on any atom is -0.495 e. The molecule has 0 aliphatic carbocycles. The first-order chi connectivity index (χ1) is 12.1. The van der Waals surface area contributed by atoms with Crippen molar-refractivity contribution in [1.29, 1.82) is 0 Å². The summed E-state index contributed by atoms with van der Waals surface area (Å²) in [6.07, 6.45) is 0. The fourth-order valence-electron chi connectivity index (χ4n) is 2.51. The number of para-hydroxylation sites is 2. The second-order valence-electron chi connectivity index (χ2n) is 5.59. The average Bonchev–Trinajstić information content (AvgIpc) is 2.97. The number of anilines is 1. The molecule has 6 heteroatoms. The first kappa shape index (κ1) is 17.4. The molecule has 0 saturated carbocycles. The van der Waals surface area contributed by atoms with Crippen LogP contribution in [0.2, 0.25) is 0 Å². The van der Waals surface area contributed by atoms with Crippen molar-refractivity contribution in [2.75, 3.05) is 12.4 Å². The number of ether oxygens (including phenoxy) is 1. The molecule has 128 valence electrons. The van der Waals surface area contributed by atoms with Crippen LogP contribution in [0.25, 0.3) is 11.3 Å². The van der Waals surface area contributed by atoms with Crippen molar-refractivity contribution in [3.63, 3.8) is 0 Å². The van der Waals surface area contributed by atoms with Crippen molar-refractivity contribution < 1.29 is 9.53 Å². The number of methoxy groups -OCH3 is 1. The van der Waals surface area contributed by atoms with Gasteiger partial charge in [0.25, 0.3) is 0 Å². The summed E-state index contributed by atoms with van der Waals surface area (Å²) in [7, 11) is 1.58. The number of nitrogens with one attached hydrogen (secondary N) is 1. The van der Waals surface area contributed by atoms with Gasteiger partial charge < -0.3 is 14.6 Å². The monoisotopic (exact) mass is 370 g/mol. The lowest BCUT2D eigenvalue weighted by molar-refractivity contribution is -0.116. The van der Waals surface area contributed by atoms with Crippen LogP contribution in [0.15, 0.2) is 53.9 Å². The zero-order valence-electron chi connectivity index (χ0n) is 14.0. The maximum atomic E-state index is 12.5. The Bertz CT molecular complexity index is 943. The topological polar surface area (TPSA) is 43.3 Å². The van der Waals surface area contributed by atoms with Gasteiger partial charge in [-0.15, -0.1) is 11.3 Å². The number of hydrogen-bond donors (Lipinski definition) is 1. The Balaban J connectivity index is 1.83. The molecule has 1 N–H and O–H groups in total. The molecule has 2 aromatic carbocycles. The van der Waals surface area contributed by atoms with Gasteiger partial charge >= 0.3 is 0 Å². The number of carbonyl (C=O) groups is 1. The van der Waals surface area contributed by atoms with Crippen molar-refractivity contribution in [3.05, 3.63) is 63.4 Å². The van der Waals surface area contributed by atoms with Crippen LogP contribution in [-0.4, -0.2) is 17.6 Å². The highest BCUT2D eigenvalue weighted by Crippen LogP contribution is 2.26. The largest absolute Gasteiger partial charge is 0.495 e. The Morgan fingerprint density at radius 1 is 1.20 bits per heavy atom. The van der Waals surface area contributed by atoms with E-state index in [1.54, 1.807) is 7.11 Å². The number of carbonyl (C=O) groups excluding carboxylic acids is 1. The van der Waals surface area contributed by atoms with Crippen molar-refractivity contribution in [1.82, 2.24) is 4.57 Å². The lowest BCUT2D eigenvalue weighted by atomic mass is 10.1. The molecule has 0 aliphatic rings. The molecule has 0 spiro atoms. The van der Waals surface area contributed by atoms with Crippen molar-refractivity contribution in [2.45, 2.75) is 13.5 Å². The summed E-state index contributed by atoms with van der Waals surface area (Å²) < 4.78 is 7.80. The van der Waals surface area contributed by atoms with Gasteiger partial charge in [0.1, 0.15) is 12.3 Å². The molecule has 0 saturated heterocycles. The van der Waals surface area contributed by atoms with Crippen LogP contribution in [0.1, 0.15) is 5.56 Å². The zero-order chi connectivity index (χ0) is 17.8. The van der Waals surface area contributed by atoms with Gasteiger partial charge in [-0.3, -0.25) is 4.79 Å². The number of thiazole rings is 1. The predicted octanol–water partition coefficient (Wildman–Crippen LogP) is 4.90. The predicted molar refractivity (Wildman–Crippen MR) is 105 cm³/mol. The van der Waals surface area contributed by atoms with Crippen LogP contribution in [0.5, 0.6) is 5.75 Å². The Kier molecular flexibility index (Phi) is 5.31. The molecule has 1 heterocycles. The summed E-state index contributed by atoms with van der Waals surface area (Å²) in [6.45, 7) is 2.20. The molecule has 0 atom stereocenters. The number of aromatic nitrogens is 1. The first-order valence-corrected chi connectivity index (χ1v) is 9.05. The Morgan fingerprint density at radius 2 is 1.92 bits per heavy atom. The number of benzene rings is 2. The summed E-state index contributed by atoms with van der Waals surface area (Å²) >= 11 is 6.87. The third-order valence-electron chi connectivity index (χ3n) is 3.81. The molecule has 1 amide bonds. The fraction of sp³-hybridized carbons (Fsp3) is 0.158. The molecule has 0 bridgehead atoms. The lowest BCUT2D eigenvalue weighted by Crippen LogP contribution is -2.19. The zero-order valence-corrected chi connectivity index (χ0v) is 15.6. The van der Waals surface area contributed by atoms with E-state index in [1.807, 2.05) is 53.3 Å². The van der Waals surface area contributed by atoms with E-state index in [2.05, 4.69) is 17.4 Å². The second kappa shape index (κ2) is 7.63. The quantitative estimate of drug-likeness (QED) is 0.650. The molecule has 4 nitrogen and oxygen atoms in total. The van der Waals surface area contributed by atoms with Gasteiger partial charge in [0.2, 0.25) is 5.91 Å². The maximum absolute atomic E-state index is 12.5. The highest BCUT2D eigenvalue weighted by molar-refractivity contribution is 7.73. The van der Waals surface area contributed by atoms with Crippen LogP contribution in [0, 0.1) is 10.9 Å². The van der Waals surface area contributed by atoms with Gasteiger partial charge in [0.05, 0.1) is 18.5 Å². The third kappa shape index (κ3) is 3.97. The number of amides is 1. The van der Waals surface area contributed by atoms with Crippen molar-refractivity contribution in [3.8, 4) is 17.0 Å². The molecular weight excluding hydrogens is 352 g/mol. The summed E-state index contributed by atoms with van der Waals surface area (Å²) in [4.78, 5) is 12.5. The summed E-state index contributed by atoms with van der Waals surface area (Å²) in [5.74, 6) is 0.482. The number of nitrogens with zero attached hydrogens (tertiary/aromatic N) is 1. The maximum Gasteiger partial charge on any atom is 0.244 e. The smallest absolute Gasteiger partial charge is 0.244 e. The van der Waals surface area contributed by atoms with Crippen LogP contribution in [0.3, 0.4) is 0 Å². The summed E-state index contributed by atoms with van der Waals surface area (Å²) in [5.41, 5.74) is 3.83. The van der Waals surface area contributed by atoms with E-state index >= 15 is 0 Å². The van der Waals surface area contributed by atoms with Gasteiger partial charge in [0.15, 0.2) is 3.95 Å². The molecule has 3 aromatic rings.